The van der Waals surface area contributed by atoms with E-state index < -0.39 is 0 Å². The number of nitrogens with one attached hydrogen (secondary N) is 1. The predicted octanol–water partition coefficient (Wildman–Crippen LogP) is 3.29. The third-order valence-corrected chi connectivity index (χ3v) is 3.28. The summed E-state index contributed by atoms with van der Waals surface area (Å²) in [6.45, 7) is 2.16. The Kier molecular flexibility index (Phi) is 2.98. The topological polar surface area (TPSA) is 39.6 Å². The quantitative estimate of drug-likeness (QED) is 0.855. The van der Waals surface area contributed by atoms with Crippen LogP contribution in [0.25, 0.3) is 10.9 Å². The number of thioether (sulfide) groups is 1. The van der Waals surface area contributed by atoms with Crippen LogP contribution in [0, 0.1) is 11.3 Å². The average molecular weight is 216 g/mol. The number of aromatic amines is 1. The standard InChI is InChI=1S/C12H12N2S/c1-2-15-8-10-7-14-12-5-9(6-13)3-4-11(10)12/h3-5,7,14H,2,8H2,1H3. The predicted molar refractivity (Wildman–Crippen MR) is 64.8 cm³/mol. The maximum Gasteiger partial charge on any atom is 0.0992 e. The van der Waals surface area contributed by atoms with Crippen molar-refractivity contribution < 1.29 is 0 Å². The minimum absolute atomic E-state index is 0.707. The van der Waals surface area contributed by atoms with Gasteiger partial charge in [0, 0.05) is 22.9 Å². The Hall–Kier alpha value is -1.40. The van der Waals surface area contributed by atoms with Crippen molar-refractivity contribution in [2.75, 3.05) is 5.75 Å². The molecule has 0 aliphatic carbocycles. The highest BCUT2D eigenvalue weighted by atomic mass is 32.2. The van der Waals surface area contributed by atoms with E-state index in [1.165, 1.54) is 10.9 Å². The van der Waals surface area contributed by atoms with Crippen molar-refractivity contribution in [3.05, 3.63) is 35.5 Å². The van der Waals surface area contributed by atoms with Gasteiger partial charge in [0.25, 0.3) is 0 Å². The number of rotatable bonds is 3. The highest BCUT2D eigenvalue weighted by Crippen LogP contribution is 2.23. The Morgan fingerprint density at radius 1 is 1.47 bits per heavy atom. The summed E-state index contributed by atoms with van der Waals surface area (Å²) in [6.07, 6.45) is 2.04. The van der Waals surface area contributed by atoms with Gasteiger partial charge in [-0.2, -0.15) is 17.0 Å². The molecule has 0 unspecified atom stereocenters. The molecule has 1 aromatic heterocycles. The van der Waals surface area contributed by atoms with Gasteiger partial charge in [-0.05, 0) is 23.4 Å². The number of fused-ring (bicyclic) bond motifs is 1. The Bertz CT molecular complexity index is 508. The molecule has 0 bridgehead atoms. The van der Waals surface area contributed by atoms with Gasteiger partial charge in [-0.15, -0.1) is 0 Å². The number of nitriles is 1. The second-order valence-corrected chi connectivity index (χ2v) is 4.60. The van der Waals surface area contributed by atoms with Crippen LogP contribution in [0.15, 0.2) is 24.4 Å². The summed E-state index contributed by atoms with van der Waals surface area (Å²) in [4.78, 5) is 3.21. The molecule has 2 nitrogen and oxygen atoms in total. The SMILES string of the molecule is CCSCc1c[nH]c2cc(C#N)ccc12. The Morgan fingerprint density at radius 2 is 2.33 bits per heavy atom. The molecule has 2 aromatic rings. The molecule has 3 heteroatoms. The molecule has 0 saturated heterocycles. The molecular weight excluding hydrogens is 204 g/mol. The van der Waals surface area contributed by atoms with Crippen LogP contribution in [-0.2, 0) is 5.75 Å². The minimum atomic E-state index is 0.707. The molecule has 15 heavy (non-hydrogen) atoms. The van der Waals surface area contributed by atoms with Crippen LogP contribution in [0.3, 0.4) is 0 Å². The van der Waals surface area contributed by atoms with Crippen molar-refractivity contribution in [1.29, 1.82) is 5.26 Å². The van der Waals surface area contributed by atoms with E-state index in [2.05, 4.69) is 18.0 Å². The zero-order chi connectivity index (χ0) is 10.7. The smallest absolute Gasteiger partial charge is 0.0992 e. The second kappa shape index (κ2) is 4.41. The van der Waals surface area contributed by atoms with E-state index in [0.29, 0.717) is 5.56 Å². The van der Waals surface area contributed by atoms with Gasteiger partial charge in [-0.3, -0.25) is 0 Å². The molecule has 76 valence electrons. The van der Waals surface area contributed by atoms with E-state index in [0.717, 1.165) is 17.0 Å². The van der Waals surface area contributed by atoms with Crippen molar-refractivity contribution in [2.45, 2.75) is 12.7 Å². The van der Waals surface area contributed by atoms with Crippen molar-refractivity contribution >= 4 is 22.7 Å². The summed E-state index contributed by atoms with van der Waals surface area (Å²) in [7, 11) is 0. The van der Waals surface area contributed by atoms with Gasteiger partial charge in [0.05, 0.1) is 11.6 Å². The summed E-state index contributed by atoms with van der Waals surface area (Å²) < 4.78 is 0. The molecule has 0 radical (unpaired) electrons. The fourth-order valence-electron chi connectivity index (χ4n) is 1.59. The van der Waals surface area contributed by atoms with Crippen LogP contribution in [0.5, 0.6) is 0 Å². The summed E-state index contributed by atoms with van der Waals surface area (Å²) in [5, 5.41) is 10.0. The Morgan fingerprint density at radius 3 is 3.07 bits per heavy atom. The molecule has 0 aliphatic rings. The first-order valence-corrected chi connectivity index (χ1v) is 6.08. The molecule has 1 aromatic carbocycles. The summed E-state index contributed by atoms with van der Waals surface area (Å²) in [5.41, 5.74) is 3.08. The van der Waals surface area contributed by atoms with Crippen LogP contribution >= 0.6 is 11.8 Å². The summed E-state index contributed by atoms with van der Waals surface area (Å²) in [5.74, 6) is 2.16. The molecule has 0 spiro atoms. The van der Waals surface area contributed by atoms with Gasteiger partial charge < -0.3 is 4.98 Å². The average Bonchev–Trinajstić information content (AvgIpc) is 2.68. The molecule has 1 N–H and O–H groups in total. The van der Waals surface area contributed by atoms with Crippen molar-refractivity contribution in [2.24, 2.45) is 0 Å². The van der Waals surface area contributed by atoms with Crippen LogP contribution in [0.2, 0.25) is 0 Å². The van der Waals surface area contributed by atoms with Crippen molar-refractivity contribution in [3.63, 3.8) is 0 Å². The third kappa shape index (κ3) is 2.00. The number of nitrogens with zero attached hydrogens (tertiary/aromatic N) is 1. The van der Waals surface area contributed by atoms with E-state index in [-0.39, 0.29) is 0 Å². The monoisotopic (exact) mass is 216 g/mol. The highest BCUT2D eigenvalue weighted by Gasteiger charge is 2.03. The molecule has 0 amide bonds. The lowest BCUT2D eigenvalue weighted by Crippen LogP contribution is -1.79. The second-order valence-electron chi connectivity index (χ2n) is 3.32. The van der Waals surface area contributed by atoms with Crippen molar-refractivity contribution in [3.8, 4) is 6.07 Å². The van der Waals surface area contributed by atoms with E-state index in [4.69, 9.17) is 5.26 Å². The van der Waals surface area contributed by atoms with Gasteiger partial charge in [0.1, 0.15) is 0 Å². The van der Waals surface area contributed by atoms with Gasteiger partial charge in [-0.1, -0.05) is 13.0 Å². The van der Waals surface area contributed by atoms with Gasteiger partial charge in [0.15, 0.2) is 0 Å². The maximum absolute atomic E-state index is 8.78. The van der Waals surface area contributed by atoms with Crippen LogP contribution < -0.4 is 0 Å². The molecule has 0 aliphatic heterocycles. The zero-order valence-electron chi connectivity index (χ0n) is 8.58. The number of hydrogen-bond acceptors (Lipinski definition) is 2. The highest BCUT2D eigenvalue weighted by molar-refractivity contribution is 7.98. The molecular formula is C12H12N2S. The van der Waals surface area contributed by atoms with Gasteiger partial charge in [0.2, 0.25) is 0 Å². The lowest BCUT2D eigenvalue weighted by Gasteiger charge is -1.97. The Balaban J connectivity index is 2.39. The van der Waals surface area contributed by atoms with E-state index in [9.17, 15) is 0 Å². The number of benzene rings is 1. The third-order valence-electron chi connectivity index (χ3n) is 2.36. The first kappa shape index (κ1) is 10.1. The molecule has 1 heterocycles. The lowest BCUT2D eigenvalue weighted by molar-refractivity contribution is 1.39. The van der Waals surface area contributed by atoms with E-state index in [1.807, 2.05) is 36.2 Å². The molecule has 0 atom stereocenters. The zero-order valence-corrected chi connectivity index (χ0v) is 9.40. The minimum Gasteiger partial charge on any atom is -0.361 e. The fraction of sp³-hybridized carbons (Fsp3) is 0.250. The first-order valence-electron chi connectivity index (χ1n) is 4.93. The molecule has 2 rings (SSSR count). The first-order chi connectivity index (χ1) is 7.35. The molecule has 0 saturated carbocycles. The summed E-state index contributed by atoms with van der Waals surface area (Å²) in [6, 6.07) is 7.94. The van der Waals surface area contributed by atoms with Crippen LogP contribution in [0.4, 0.5) is 0 Å². The lowest BCUT2D eigenvalue weighted by atomic mass is 10.1. The largest absolute Gasteiger partial charge is 0.361 e. The van der Waals surface area contributed by atoms with Gasteiger partial charge >= 0.3 is 0 Å². The number of hydrogen-bond donors (Lipinski definition) is 1. The maximum atomic E-state index is 8.78. The van der Waals surface area contributed by atoms with Gasteiger partial charge in [-0.25, -0.2) is 0 Å². The Labute approximate surface area is 93.3 Å². The molecule has 0 fully saturated rings. The fourth-order valence-corrected chi connectivity index (χ4v) is 2.25. The van der Waals surface area contributed by atoms with Crippen LogP contribution in [-0.4, -0.2) is 10.7 Å². The number of aromatic nitrogens is 1. The normalized spacial score (nSPS) is 10.4. The summed E-state index contributed by atoms with van der Waals surface area (Å²) >= 11 is 1.91. The van der Waals surface area contributed by atoms with Crippen LogP contribution in [0.1, 0.15) is 18.1 Å². The van der Waals surface area contributed by atoms with E-state index >= 15 is 0 Å². The van der Waals surface area contributed by atoms with Crippen molar-refractivity contribution in [1.82, 2.24) is 4.98 Å². The number of H-pyrrole nitrogens is 1. The van der Waals surface area contributed by atoms with E-state index in [1.54, 1.807) is 0 Å².